The first kappa shape index (κ1) is 15.9. The Morgan fingerprint density at radius 2 is 2.00 bits per heavy atom. The van der Waals surface area contributed by atoms with Gasteiger partial charge in [-0.25, -0.2) is 9.37 Å². The fourth-order valence-corrected chi connectivity index (χ4v) is 1.91. The van der Waals surface area contributed by atoms with E-state index in [1.54, 1.807) is 30.5 Å². The van der Waals surface area contributed by atoms with Crippen LogP contribution in [0.1, 0.15) is 30.6 Å². The van der Waals surface area contributed by atoms with Crippen LogP contribution < -0.4 is 10.6 Å². The maximum atomic E-state index is 13.5. The van der Waals surface area contributed by atoms with Crippen molar-refractivity contribution in [2.24, 2.45) is 5.92 Å². The molecule has 0 spiro atoms. The van der Waals surface area contributed by atoms with Crippen LogP contribution in [0.3, 0.4) is 0 Å². The predicted octanol–water partition coefficient (Wildman–Crippen LogP) is 3.93. The molecule has 2 rings (SSSR count). The minimum atomic E-state index is -0.542. The monoisotopic (exact) mass is 301 g/mol. The van der Waals surface area contributed by atoms with Crippen LogP contribution in [0.15, 0.2) is 42.6 Å². The molecule has 22 heavy (non-hydrogen) atoms. The summed E-state index contributed by atoms with van der Waals surface area (Å²) in [6, 6.07) is 9.40. The van der Waals surface area contributed by atoms with Crippen molar-refractivity contribution in [3.8, 4) is 0 Å². The minimum absolute atomic E-state index is 0.0154. The molecule has 0 bridgehead atoms. The van der Waals surface area contributed by atoms with Gasteiger partial charge in [0.1, 0.15) is 11.6 Å². The number of halogens is 1. The summed E-state index contributed by atoms with van der Waals surface area (Å²) in [7, 11) is 0. The van der Waals surface area contributed by atoms with Crippen LogP contribution in [0.4, 0.5) is 15.9 Å². The molecule has 1 aromatic carbocycles. The fourth-order valence-electron chi connectivity index (χ4n) is 1.91. The number of pyridine rings is 1. The average molecular weight is 301 g/mol. The lowest BCUT2D eigenvalue weighted by Gasteiger charge is -2.09. The first-order valence-corrected chi connectivity index (χ1v) is 7.32. The van der Waals surface area contributed by atoms with Gasteiger partial charge in [0.2, 0.25) is 0 Å². The number of hydrogen-bond acceptors (Lipinski definition) is 3. The van der Waals surface area contributed by atoms with E-state index in [0.717, 1.165) is 18.8 Å². The van der Waals surface area contributed by atoms with Crippen LogP contribution in [-0.4, -0.2) is 17.4 Å². The van der Waals surface area contributed by atoms with Crippen LogP contribution in [-0.2, 0) is 0 Å². The molecular weight excluding hydrogens is 281 g/mol. The Bertz CT molecular complexity index is 626. The quantitative estimate of drug-likeness (QED) is 0.850. The zero-order valence-electron chi connectivity index (χ0n) is 12.8. The Labute approximate surface area is 129 Å². The molecule has 4 nitrogen and oxygen atoms in total. The number of amides is 1. The number of anilines is 2. The topological polar surface area (TPSA) is 54.0 Å². The van der Waals surface area contributed by atoms with Crippen LogP contribution >= 0.6 is 0 Å². The molecule has 0 aliphatic carbocycles. The van der Waals surface area contributed by atoms with Crippen molar-refractivity contribution in [3.05, 3.63) is 54.0 Å². The van der Waals surface area contributed by atoms with Gasteiger partial charge in [0.15, 0.2) is 0 Å². The molecule has 1 heterocycles. The molecule has 0 aliphatic rings. The number of nitrogens with one attached hydrogen (secondary N) is 2. The molecule has 0 atom stereocenters. The predicted molar refractivity (Wildman–Crippen MR) is 86.5 cm³/mol. The van der Waals surface area contributed by atoms with E-state index in [0.29, 0.717) is 11.6 Å². The van der Waals surface area contributed by atoms with Gasteiger partial charge in [0.25, 0.3) is 5.91 Å². The van der Waals surface area contributed by atoms with Crippen molar-refractivity contribution in [2.45, 2.75) is 20.3 Å². The van der Waals surface area contributed by atoms with E-state index in [1.807, 2.05) is 0 Å². The summed E-state index contributed by atoms with van der Waals surface area (Å²) in [5.41, 5.74) is 0.546. The van der Waals surface area contributed by atoms with Gasteiger partial charge >= 0.3 is 0 Å². The summed E-state index contributed by atoms with van der Waals surface area (Å²) in [5.74, 6) is 0.358. The first-order chi connectivity index (χ1) is 10.6. The Balaban J connectivity index is 1.94. The Kier molecular flexibility index (Phi) is 5.47. The number of nitrogens with zero attached hydrogens (tertiary/aromatic N) is 1. The summed E-state index contributed by atoms with van der Waals surface area (Å²) >= 11 is 0. The molecular formula is C17H20FN3O. The Morgan fingerprint density at radius 3 is 2.64 bits per heavy atom. The molecule has 2 N–H and O–H groups in total. The SMILES string of the molecule is CC(C)CCNc1ccc(NC(=O)c2ccccc2F)cn1. The molecule has 116 valence electrons. The van der Waals surface area contributed by atoms with Crippen molar-refractivity contribution in [1.29, 1.82) is 0 Å². The molecule has 1 aromatic heterocycles. The van der Waals surface area contributed by atoms with Gasteiger partial charge in [0.05, 0.1) is 17.4 Å². The van der Waals surface area contributed by atoms with Gasteiger partial charge in [-0.2, -0.15) is 0 Å². The average Bonchev–Trinajstić information content (AvgIpc) is 2.49. The standard InChI is InChI=1S/C17H20FN3O/c1-12(2)9-10-19-16-8-7-13(11-20-16)21-17(22)14-5-3-4-6-15(14)18/h3-8,11-12H,9-10H2,1-2H3,(H,19,20)(H,21,22). The normalized spacial score (nSPS) is 10.5. The largest absolute Gasteiger partial charge is 0.370 e. The highest BCUT2D eigenvalue weighted by Crippen LogP contribution is 2.13. The second-order valence-corrected chi connectivity index (χ2v) is 5.48. The van der Waals surface area contributed by atoms with Gasteiger partial charge in [0, 0.05) is 6.54 Å². The Hall–Kier alpha value is -2.43. The molecule has 5 heteroatoms. The number of rotatable bonds is 6. The second kappa shape index (κ2) is 7.54. The van der Waals surface area contributed by atoms with Crippen LogP contribution in [0.25, 0.3) is 0 Å². The highest BCUT2D eigenvalue weighted by Gasteiger charge is 2.10. The lowest BCUT2D eigenvalue weighted by molar-refractivity contribution is 0.102. The number of hydrogen-bond donors (Lipinski definition) is 2. The van der Waals surface area contributed by atoms with Gasteiger partial charge in [-0.1, -0.05) is 26.0 Å². The fraction of sp³-hybridized carbons (Fsp3) is 0.294. The molecule has 2 aromatic rings. The number of carbonyl (C=O) groups excluding carboxylic acids is 1. The zero-order chi connectivity index (χ0) is 15.9. The number of benzene rings is 1. The van der Waals surface area contributed by atoms with Crippen molar-refractivity contribution in [3.63, 3.8) is 0 Å². The lowest BCUT2D eigenvalue weighted by Crippen LogP contribution is -2.14. The van der Waals surface area contributed by atoms with E-state index in [2.05, 4.69) is 29.5 Å². The van der Waals surface area contributed by atoms with Gasteiger partial charge in [-0.15, -0.1) is 0 Å². The number of carbonyl (C=O) groups is 1. The van der Waals surface area contributed by atoms with Gasteiger partial charge < -0.3 is 10.6 Å². The molecule has 0 saturated carbocycles. The molecule has 0 fully saturated rings. The third-order valence-electron chi connectivity index (χ3n) is 3.17. The van der Waals surface area contributed by atoms with E-state index >= 15 is 0 Å². The zero-order valence-corrected chi connectivity index (χ0v) is 12.8. The Morgan fingerprint density at radius 1 is 1.23 bits per heavy atom. The summed E-state index contributed by atoms with van der Waals surface area (Å²) in [5, 5.41) is 5.84. The molecule has 0 unspecified atom stereocenters. The second-order valence-electron chi connectivity index (χ2n) is 5.48. The van der Waals surface area contributed by atoms with Crippen LogP contribution in [0, 0.1) is 11.7 Å². The first-order valence-electron chi connectivity index (χ1n) is 7.32. The van der Waals surface area contributed by atoms with Gasteiger partial charge in [-0.3, -0.25) is 4.79 Å². The van der Waals surface area contributed by atoms with Crippen LogP contribution in [0.2, 0.25) is 0 Å². The minimum Gasteiger partial charge on any atom is -0.370 e. The summed E-state index contributed by atoms with van der Waals surface area (Å²) in [6.07, 6.45) is 2.61. The lowest BCUT2D eigenvalue weighted by atomic mass is 10.1. The molecule has 0 aliphatic heterocycles. The maximum absolute atomic E-state index is 13.5. The maximum Gasteiger partial charge on any atom is 0.258 e. The highest BCUT2D eigenvalue weighted by atomic mass is 19.1. The third-order valence-corrected chi connectivity index (χ3v) is 3.17. The van der Waals surface area contributed by atoms with E-state index in [9.17, 15) is 9.18 Å². The molecule has 1 amide bonds. The summed E-state index contributed by atoms with van der Waals surface area (Å²) in [6.45, 7) is 5.18. The van der Waals surface area contributed by atoms with E-state index in [-0.39, 0.29) is 5.56 Å². The van der Waals surface area contributed by atoms with E-state index in [4.69, 9.17) is 0 Å². The molecule has 0 saturated heterocycles. The molecule has 0 radical (unpaired) electrons. The van der Waals surface area contributed by atoms with Crippen molar-refractivity contribution in [1.82, 2.24) is 4.98 Å². The summed E-state index contributed by atoms with van der Waals surface area (Å²) < 4.78 is 13.5. The van der Waals surface area contributed by atoms with Gasteiger partial charge in [-0.05, 0) is 36.6 Å². The third kappa shape index (κ3) is 4.55. The van der Waals surface area contributed by atoms with E-state index < -0.39 is 11.7 Å². The summed E-state index contributed by atoms with van der Waals surface area (Å²) in [4.78, 5) is 16.2. The number of aromatic nitrogens is 1. The smallest absolute Gasteiger partial charge is 0.258 e. The van der Waals surface area contributed by atoms with Crippen molar-refractivity contribution in [2.75, 3.05) is 17.2 Å². The van der Waals surface area contributed by atoms with Crippen LogP contribution in [0.5, 0.6) is 0 Å². The highest BCUT2D eigenvalue weighted by molar-refractivity contribution is 6.04. The van der Waals surface area contributed by atoms with Crippen molar-refractivity contribution < 1.29 is 9.18 Å². The van der Waals surface area contributed by atoms with Crippen molar-refractivity contribution >= 4 is 17.4 Å². The van der Waals surface area contributed by atoms with E-state index in [1.165, 1.54) is 12.1 Å².